The number of anilines is 2. The quantitative estimate of drug-likeness (QED) is 0.786. The number of carbonyl (C=O) groups excluding carboxylic acids is 1. The van der Waals surface area contributed by atoms with Gasteiger partial charge in [0.05, 0.1) is 11.4 Å². The van der Waals surface area contributed by atoms with Gasteiger partial charge in [-0.25, -0.2) is 0 Å². The third-order valence-electron chi connectivity index (χ3n) is 4.43. The van der Waals surface area contributed by atoms with Gasteiger partial charge >= 0.3 is 0 Å². The van der Waals surface area contributed by atoms with E-state index in [0.717, 1.165) is 11.3 Å². The van der Waals surface area contributed by atoms with Crippen LogP contribution in [0.2, 0.25) is 0 Å². The molecule has 0 spiro atoms. The van der Waals surface area contributed by atoms with Crippen molar-refractivity contribution in [1.29, 1.82) is 0 Å². The first kappa shape index (κ1) is 11.6. The molecule has 2 saturated carbocycles. The van der Waals surface area contributed by atoms with Crippen LogP contribution in [-0.2, 0) is 4.79 Å². The monoisotopic (exact) mass is 244 g/mol. The number of rotatable bonds is 2. The first-order valence-electron chi connectivity index (χ1n) is 6.84. The summed E-state index contributed by atoms with van der Waals surface area (Å²) in [4.78, 5) is 12.2. The van der Waals surface area contributed by atoms with E-state index in [-0.39, 0.29) is 11.8 Å². The first-order valence-corrected chi connectivity index (χ1v) is 6.84. The fraction of sp³-hybridized carbons (Fsp3) is 0.533. The molecule has 0 aromatic heterocycles. The number of hydrogen-bond acceptors (Lipinski definition) is 2. The molecule has 3 heteroatoms. The highest BCUT2D eigenvalue weighted by Gasteiger charge is 2.54. The molecule has 2 unspecified atom stereocenters. The van der Waals surface area contributed by atoms with Gasteiger partial charge in [-0.1, -0.05) is 18.9 Å². The van der Waals surface area contributed by atoms with E-state index >= 15 is 0 Å². The number of fused-ring (bicyclic) bond motifs is 1. The highest BCUT2D eigenvalue weighted by Crippen LogP contribution is 2.55. The van der Waals surface area contributed by atoms with E-state index in [0.29, 0.717) is 17.5 Å². The summed E-state index contributed by atoms with van der Waals surface area (Å²) in [5.74, 6) is 1.70. The molecule has 3 N–H and O–H groups in total. The average Bonchev–Trinajstić information content (AvgIpc) is 3.08. The van der Waals surface area contributed by atoms with Gasteiger partial charge in [0.15, 0.2) is 0 Å². The fourth-order valence-corrected chi connectivity index (χ4v) is 3.38. The lowest BCUT2D eigenvalue weighted by Gasteiger charge is -2.08. The minimum atomic E-state index is 0.171. The zero-order chi connectivity index (χ0) is 12.7. The molecule has 18 heavy (non-hydrogen) atoms. The van der Waals surface area contributed by atoms with Crippen LogP contribution in [0.25, 0.3) is 0 Å². The van der Waals surface area contributed by atoms with E-state index in [4.69, 9.17) is 5.73 Å². The zero-order valence-electron chi connectivity index (χ0n) is 10.8. The van der Waals surface area contributed by atoms with Crippen molar-refractivity contribution >= 4 is 17.3 Å². The summed E-state index contributed by atoms with van der Waals surface area (Å²) in [6.45, 7) is 2.01. The minimum Gasteiger partial charge on any atom is -0.397 e. The van der Waals surface area contributed by atoms with Crippen molar-refractivity contribution in [2.75, 3.05) is 11.1 Å². The summed E-state index contributed by atoms with van der Waals surface area (Å²) in [5.41, 5.74) is 8.43. The molecule has 0 bridgehead atoms. The number of hydrogen-bond donors (Lipinski definition) is 2. The Morgan fingerprint density at radius 2 is 1.94 bits per heavy atom. The normalized spacial score (nSPS) is 29.5. The Hall–Kier alpha value is -1.51. The zero-order valence-corrected chi connectivity index (χ0v) is 10.8. The lowest BCUT2D eigenvalue weighted by molar-refractivity contribution is -0.117. The number of nitrogens with two attached hydrogens (primary N) is 1. The topological polar surface area (TPSA) is 55.1 Å². The van der Waals surface area contributed by atoms with E-state index in [2.05, 4.69) is 5.32 Å². The van der Waals surface area contributed by atoms with Crippen LogP contribution < -0.4 is 11.1 Å². The summed E-state index contributed by atoms with van der Waals surface area (Å²) in [6.07, 6.45) is 5.03. The predicted molar refractivity (Wildman–Crippen MR) is 73.2 cm³/mol. The minimum absolute atomic E-state index is 0.171. The molecule has 0 radical (unpaired) electrons. The van der Waals surface area contributed by atoms with Crippen molar-refractivity contribution in [3.05, 3.63) is 23.8 Å². The van der Waals surface area contributed by atoms with Crippen molar-refractivity contribution in [2.45, 2.75) is 32.6 Å². The van der Waals surface area contributed by atoms with Gasteiger partial charge in [0.1, 0.15) is 0 Å². The van der Waals surface area contributed by atoms with E-state index in [1.807, 2.05) is 25.1 Å². The van der Waals surface area contributed by atoms with Crippen LogP contribution in [0.15, 0.2) is 18.2 Å². The number of aryl methyl sites for hydroxylation is 1. The first-order chi connectivity index (χ1) is 8.66. The molecule has 3 nitrogen and oxygen atoms in total. The molecule has 1 aromatic carbocycles. The average molecular weight is 244 g/mol. The smallest absolute Gasteiger partial charge is 0.228 e. The summed E-state index contributed by atoms with van der Waals surface area (Å²) in [6, 6.07) is 5.76. The third kappa shape index (κ3) is 1.98. The Balaban J connectivity index is 1.69. The maximum Gasteiger partial charge on any atom is 0.228 e. The van der Waals surface area contributed by atoms with Gasteiger partial charge in [0.25, 0.3) is 0 Å². The van der Waals surface area contributed by atoms with E-state index < -0.39 is 0 Å². The Labute approximate surface area is 108 Å². The van der Waals surface area contributed by atoms with Gasteiger partial charge in [-0.05, 0) is 49.3 Å². The molecular formula is C15H20N2O. The maximum absolute atomic E-state index is 12.2. The van der Waals surface area contributed by atoms with Crippen LogP contribution in [0.1, 0.15) is 31.2 Å². The molecule has 1 amide bonds. The molecule has 0 aliphatic heterocycles. The Morgan fingerprint density at radius 1 is 1.28 bits per heavy atom. The van der Waals surface area contributed by atoms with Gasteiger partial charge < -0.3 is 11.1 Å². The van der Waals surface area contributed by atoms with Gasteiger partial charge in [0, 0.05) is 5.92 Å². The van der Waals surface area contributed by atoms with Gasteiger partial charge in [-0.3, -0.25) is 4.79 Å². The van der Waals surface area contributed by atoms with Crippen molar-refractivity contribution in [2.24, 2.45) is 17.8 Å². The highest BCUT2D eigenvalue weighted by molar-refractivity contribution is 5.97. The van der Waals surface area contributed by atoms with Crippen molar-refractivity contribution < 1.29 is 4.79 Å². The lowest BCUT2D eigenvalue weighted by atomic mass is 10.0. The van der Waals surface area contributed by atoms with Crippen LogP contribution in [0.4, 0.5) is 11.4 Å². The SMILES string of the molecule is Cc1ccc(N)c(NC(=O)C2C3CCCCC32)c1. The Kier molecular flexibility index (Phi) is 2.77. The molecule has 0 heterocycles. The largest absolute Gasteiger partial charge is 0.397 e. The lowest BCUT2D eigenvalue weighted by Crippen LogP contribution is -2.16. The van der Waals surface area contributed by atoms with Crippen LogP contribution in [0.5, 0.6) is 0 Å². The molecular weight excluding hydrogens is 224 g/mol. The maximum atomic E-state index is 12.2. The molecule has 3 rings (SSSR count). The van der Waals surface area contributed by atoms with Crippen LogP contribution in [0.3, 0.4) is 0 Å². The molecule has 2 fully saturated rings. The Morgan fingerprint density at radius 3 is 2.61 bits per heavy atom. The second-order valence-corrected chi connectivity index (χ2v) is 5.72. The van der Waals surface area contributed by atoms with E-state index in [9.17, 15) is 4.79 Å². The Bertz CT molecular complexity index is 471. The highest BCUT2D eigenvalue weighted by atomic mass is 16.2. The summed E-state index contributed by atoms with van der Waals surface area (Å²) >= 11 is 0. The number of carbonyl (C=O) groups is 1. The van der Waals surface area contributed by atoms with Gasteiger partial charge in [0.2, 0.25) is 5.91 Å². The van der Waals surface area contributed by atoms with Crippen molar-refractivity contribution in [1.82, 2.24) is 0 Å². The van der Waals surface area contributed by atoms with Gasteiger partial charge in [-0.15, -0.1) is 0 Å². The summed E-state index contributed by atoms with van der Waals surface area (Å²) in [7, 11) is 0. The number of amides is 1. The molecule has 0 saturated heterocycles. The second-order valence-electron chi connectivity index (χ2n) is 5.72. The number of nitrogen functional groups attached to an aromatic ring is 1. The number of nitrogens with one attached hydrogen (secondary N) is 1. The van der Waals surface area contributed by atoms with E-state index in [1.165, 1.54) is 25.7 Å². The molecule has 2 aliphatic carbocycles. The van der Waals surface area contributed by atoms with E-state index in [1.54, 1.807) is 0 Å². The molecule has 96 valence electrons. The van der Waals surface area contributed by atoms with Gasteiger partial charge in [-0.2, -0.15) is 0 Å². The molecule has 1 aromatic rings. The van der Waals surface area contributed by atoms with Crippen molar-refractivity contribution in [3.63, 3.8) is 0 Å². The summed E-state index contributed by atoms with van der Waals surface area (Å²) < 4.78 is 0. The molecule has 2 aliphatic rings. The molecule has 2 atom stereocenters. The standard InChI is InChI=1S/C15H20N2O/c1-9-6-7-12(16)13(8-9)17-15(18)14-10-4-2-3-5-11(10)14/h6-8,10-11,14H,2-5,16H2,1H3,(H,17,18). The second kappa shape index (κ2) is 4.30. The van der Waals surface area contributed by atoms with Crippen molar-refractivity contribution in [3.8, 4) is 0 Å². The van der Waals surface area contributed by atoms with Crippen LogP contribution in [-0.4, -0.2) is 5.91 Å². The fourth-order valence-electron chi connectivity index (χ4n) is 3.38. The van der Waals surface area contributed by atoms with Crippen LogP contribution in [0, 0.1) is 24.7 Å². The van der Waals surface area contributed by atoms with Crippen LogP contribution >= 0.6 is 0 Å². The summed E-state index contributed by atoms with van der Waals surface area (Å²) in [5, 5.41) is 3.01. The predicted octanol–water partition coefficient (Wildman–Crippen LogP) is 2.95. The number of benzene rings is 1. The third-order valence-corrected chi connectivity index (χ3v) is 4.43.